The van der Waals surface area contributed by atoms with Crippen LogP contribution < -0.4 is 5.32 Å². The Hall–Kier alpha value is -0.770. The molecule has 2 aliphatic heterocycles. The summed E-state index contributed by atoms with van der Waals surface area (Å²) in [7, 11) is 0. The first-order valence-electron chi connectivity index (χ1n) is 6.59. The van der Waals surface area contributed by atoms with Gasteiger partial charge < -0.3 is 15.1 Å². The van der Waals surface area contributed by atoms with E-state index in [1.54, 1.807) is 0 Å². The zero-order chi connectivity index (χ0) is 11.4. The highest BCUT2D eigenvalue weighted by molar-refractivity contribution is 5.75. The maximum atomic E-state index is 12.3. The molecule has 2 saturated heterocycles. The van der Waals surface area contributed by atoms with Crippen molar-refractivity contribution >= 4 is 6.03 Å². The summed E-state index contributed by atoms with van der Waals surface area (Å²) in [6.45, 7) is 6.84. The van der Waals surface area contributed by atoms with Gasteiger partial charge in [0.2, 0.25) is 0 Å². The number of hydrogen-bond donors (Lipinski definition) is 1. The molecule has 2 aliphatic rings. The van der Waals surface area contributed by atoms with E-state index in [-0.39, 0.29) is 6.03 Å². The SMILES string of the molecule is CCN(C(=O)N1CCCCC1)C1CCNC1. The summed E-state index contributed by atoms with van der Waals surface area (Å²) in [4.78, 5) is 16.4. The number of likely N-dealkylation sites (N-methyl/N-ethyl adjacent to an activating group) is 1. The van der Waals surface area contributed by atoms with Crippen molar-refractivity contribution in [3.05, 3.63) is 0 Å². The van der Waals surface area contributed by atoms with E-state index in [0.29, 0.717) is 6.04 Å². The van der Waals surface area contributed by atoms with Gasteiger partial charge in [-0.05, 0) is 39.2 Å². The Labute approximate surface area is 98.0 Å². The largest absolute Gasteiger partial charge is 0.325 e. The second kappa shape index (κ2) is 5.53. The molecule has 2 amide bonds. The van der Waals surface area contributed by atoms with Crippen LogP contribution in [0.3, 0.4) is 0 Å². The maximum Gasteiger partial charge on any atom is 0.320 e. The lowest BCUT2D eigenvalue weighted by molar-refractivity contribution is 0.131. The van der Waals surface area contributed by atoms with Gasteiger partial charge in [0.15, 0.2) is 0 Å². The lowest BCUT2D eigenvalue weighted by Crippen LogP contribution is -2.50. The lowest BCUT2D eigenvalue weighted by Gasteiger charge is -2.35. The van der Waals surface area contributed by atoms with Gasteiger partial charge in [0.1, 0.15) is 0 Å². The maximum absolute atomic E-state index is 12.3. The van der Waals surface area contributed by atoms with E-state index in [4.69, 9.17) is 0 Å². The molecule has 2 fully saturated rings. The van der Waals surface area contributed by atoms with Crippen LogP contribution in [-0.2, 0) is 0 Å². The molecule has 4 nitrogen and oxygen atoms in total. The molecular weight excluding hydrogens is 202 g/mol. The van der Waals surface area contributed by atoms with Crippen molar-refractivity contribution < 1.29 is 4.79 Å². The average Bonchev–Trinajstić information content (AvgIpc) is 2.85. The number of rotatable bonds is 2. The fourth-order valence-corrected chi connectivity index (χ4v) is 2.72. The van der Waals surface area contributed by atoms with Crippen molar-refractivity contribution in [3.63, 3.8) is 0 Å². The highest BCUT2D eigenvalue weighted by atomic mass is 16.2. The Kier molecular flexibility index (Phi) is 4.04. The van der Waals surface area contributed by atoms with E-state index in [2.05, 4.69) is 12.2 Å². The molecule has 4 heteroatoms. The molecule has 92 valence electrons. The summed E-state index contributed by atoms with van der Waals surface area (Å²) in [5, 5.41) is 3.33. The van der Waals surface area contributed by atoms with Crippen LogP contribution >= 0.6 is 0 Å². The van der Waals surface area contributed by atoms with Crippen molar-refractivity contribution in [2.45, 2.75) is 38.6 Å². The highest BCUT2D eigenvalue weighted by Gasteiger charge is 2.28. The molecule has 1 unspecified atom stereocenters. The van der Waals surface area contributed by atoms with Crippen molar-refractivity contribution in [2.75, 3.05) is 32.7 Å². The fraction of sp³-hybridized carbons (Fsp3) is 0.917. The van der Waals surface area contributed by atoms with Crippen LogP contribution in [-0.4, -0.2) is 54.6 Å². The molecule has 0 aliphatic carbocycles. The number of likely N-dealkylation sites (tertiary alicyclic amines) is 1. The second-order valence-corrected chi connectivity index (χ2v) is 4.76. The number of urea groups is 1. The molecule has 1 N–H and O–H groups in total. The zero-order valence-corrected chi connectivity index (χ0v) is 10.2. The zero-order valence-electron chi connectivity index (χ0n) is 10.2. The van der Waals surface area contributed by atoms with E-state index >= 15 is 0 Å². The first-order chi connectivity index (χ1) is 7.83. The summed E-state index contributed by atoms with van der Waals surface area (Å²) in [5.41, 5.74) is 0. The Morgan fingerprint density at radius 2 is 2.12 bits per heavy atom. The molecular formula is C12H23N3O. The number of carbonyl (C=O) groups is 1. The minimum absolute atomic E-state index is 0.260. The quantitative estimate of drug-likeness (QED) is 0.768. The Morgan fingerprint density at radius 3 is 2.69 bits per heavy atom. The first kappa shape index (κ1) is 11.7. The molecule has 0 radical (unpaired) electrons. The molecule has 16 heavy (non-hydrogen) atoms. The predicted octanol–water partition coefficient (Wildman–Crippen LogP) is 1.28. The van der Waals surface area contributed by atoms with Gasteiger partial charge in [-0.25, -0.2) is 4.79 Å². The van der Waals surface area contributed by atoms with Gasteiger partial charge in [-0.3, -0.25) is 0 Å². The van der Waals surface area contributed by atoms with Gasteiger partial charge in [-0.2, -0.15) is 0 Å². The van der Waals surface area contributed by atoms with Crippen LogP contribution in [0.1, 0.15) is 32.6 Å². The minimum Gasteiger partial charge on any atom is -0.325 e. The number of nitrogens with one attached hydrogen (secondary N) is 1. The molecule has 0 bridgehead atoms. The smallest absolute Gasteiger partial charge is 0.320 e. The van der Waals surface area contributed by atoms with Gasteiger partial charge in [0.25, 0.3) is 0 Å². The van der Waals surface area contributed by atoms with Crippen molar-refractivity contribution in [1.29, 1.82) is 0 Å². The molecule has 0 aromatic carbocycles. The standard InChI is InChI=1S/C12H23N3O/c1-2-15(11-6-7-13-10-11)12(16)14-8-4-3-5-9-14/h11,13H,2-10H2,1H3. The second-order valence-electron chi connectivity index (χ2n) is 4.76. The van der Waals surface area contributed by atoms with Gasteiger partial charge in [-0.15, -0.1) is 0 Å². The van der Waals surface area contributed by atoms with Crippen molar-refractivity contribution in [3.8, 4) is 0 Å². The van der Waals surface area contributed by atoms with Crippen LogP contribution in [0.15, 0.2) is 0 Å². The van der Waals surface area contributed by atoms with E-state index in [1.807, 2.05) is 9.80 Å². The molecule has 1 atom stereocenters. The number of nitrogens with zero attached hydrogens (tertiary/aromatic N) is 2. The van der Waals surface area contributed by atoms with Gasteiger partial charge in [0, 0.05) is 32.2 Å². The van der Waals surface area contributed by atoms with Crippen molar-refractivity contribution in [2.24, 2.45) is 0 Å². The number of piperidine rings is 1. The van der Waals surface area contributed by atoms with E-state index in [1.165, 1.54) is 19.3 Å². The molecule has 2 heterocycles. The molecule has 0 saturated carbocycles. The topological polar surface area (TPSA) is 35.6 Å². The fourth-order valence-electron chi connectivity index (χ4n) is 2.72. The van der Waals surface area contributed by atoms with Crippen LogP contribution in [0.2, 0.25) is 0 Å². The average molecular weight is 225 g/mol. The van der Waals surface area contributed by atoms with Gasteiger partial charge >= 0.3 is 6.03 Å². The lowest BCUT2D eigenvalue weighted by atomic mass is 10.1. The van der Waals surface area contributed by atoms with E-state index in [0.717, 1.165) is 39.1 Å². The highest BCUT2D eigenvalue weighted by Crippen LogP contribution is 2.15. The van der Waals surface area contributed by atoms with Crippen LogP contribution in [0.5, 0.6) is 0 Å². The van der Waals surface area contributed by atoms with Gasteiger partial charge in [-0.1, -0.05) is 0 Å². The normalized spacial score (nSPS) is 25.8. The Bertz CT molecular complexity index is 232. The predicted molar refractivity (Wildman–Crippen MR) is 64.5 cm³/mol. The Balaban J connectivity index is 1.93. The summed E-state index contributed by atoms with van der Waals surface area (Å²) in [6, 6.07) is 0.676. The summed E-state index contributed by atoms with van der Waals surface area (Å²) < 4.78 is 0. The van der Waals surface area contributed by atoms with E-state index < -0.39 is 0 Å². The molecule has 0 spiro atoms. The third-order valence-corrected chi connectivity index (χ3v) is 3.69. The van der Waals surface area contributed by atoms with Crippen LogP contribution in [0.4, 0.5) is 4.79 Å². The summed E-state index contributed by atoms with van der Waals surface area (Å²) >= 11 is 0. The van der Waals surface area contributed by atoms with Gasteiger partial charge in [0.05, 0.1) is 0 Å². The molecule has 0 aromatic rings. The number of amides is 2. The van der Waals surface area contributed by atoms with Crippen molar-refractivity contribution in [1.82, 2.24) is 15.1 Å². The first-order valence-corrected chi connectivity index (χ1v) is 6.59. The van der Waals surface area contributed by atoms with Crippen LogP contribution in [0, 0.1) is 0 Å². The third-order valence-electron chi connectivity index (χ3n) is 3.69. The van der Waals surface area contributed by atoms with Crippen LogP contribution in [0.25, 0.3) is 0 Å². The molecule has 2 rings (SSSR count). The third kappa shape index (κ3) is 2.48. The summed E-state index contributed by atoms with van der Waals surface area (Å²) in [5.74, 6) is 0. The van der Waals surface area contributed by atoms with E-state index in [9.17, 15) is 4.79 Å². The number of hydrogen-bond acceptors (Lipinski definition) is 2. The molecule has 0 aromatic heterocycles. The minimum atomic E-state index is 0.260. The monoisotopic (exact) mass is 225 g/mol. The summed E-state index contributed by atoms with van der Waals surface area (Å²) in [6.07, 6.45) is 4.73. The Morgan fingerprint density at radius 1 is 1.38 bits per heavy atom. The number of carbonyl (C=O) groups excluding carboxylic acids is 1.